The van der Waals surface area contributed by atoms with Crippen LogP contribution in [0.3, 0.4) is 0 Å². The van der Waals surface area contributed by atoms with Crippen LogP contribution in [-0.2, 0) is 13.1 Å². The highest BCUT2D eigenvalue weighted by atomic mass is 15.3. The molecule has 98 valence electrons. The number of nitrogens with one attached hydrogen (secondary N) is 1. The third-order valence-electron chi connectivity index (χ3n) is 3.14. The number of aryl methyl sites for hydroxylation is 1. The predicted molar refractivity (Wildman–Crippen MR) is 72.1 cm³/mol. The number of rotatable bonds is 5. The van der Waals surface area contributed by atoms with Gasteiger partial charge in [0, 0.05) is 12.6 Å². The molecule has 0 radical (unpaired) electrons. The Labute approximate surface area is 112 Å². The second-order valence-corrected chi connectivity index (χ2v) is 4.37. The van der Waals surface area contributed by atoms with Gasteiger partial charge in [0.15, 0.2) is 0 Å². The lowest BCUT2D eigenvalue weighted by Crippen LogP contribution is -2.20. The van der Waals surface area contributed by atoms with E-state index >= 15 is 0 Å². The fraction of sp³-hybridized carbons (Fsp3) is 0.357. The average Bonchev–Trinajstić information content (AvgIpc) is 2.92. The summed E-state index contributed by atoms with van der Waals surface area (Å²) in [5.74, 6) is 0.933. The fourth-order valence-electron chi connectivity index (χ4n) is 1.89. The molecule has 5 nitrogen and oxygen atoms in total. The van der Waals surface area contributed by atoms with Crippen LogP contribution in [0.15, 0.2) is 30.6 Å². The van der Waals surface area contributed by atoms with Crippen molar-refractivity contribution < 1.29 is 0 Å². The van der Waals surface area contributed by atoms with Crippen molar-refractivity contribution in [2.75, 3.05) is 0 Å². The Hall–Kier alpha value is -2.19. The Morgan fingerprint density at radius 3 is 2.74 bits per heavy atom. The predicted octanol–water partition coefficient (Wildman–Crippen LogP) is 2.02. The van der Waals surface area contributed by atoms with Crippen molar-refractivity contribution in [3.05, 3.63) is 47.5 Å². The van der Waals surface area contributed by atoms with Crippen LogP contribution in [-0.4, -0.2) is 14.8 Å². The molecule has 0 aliphatic heterocycles. The molecule has 0 bridgehead atoms. The largest absolute Gasteiger partial charge is 0.317 e. The van der Waals surface area contributed by atoms with Gasteiger partial charge in [0.25, 0.3) is 0 Å². The lowest BCUT2D eigenvalue weighted by Gasteiger charge is -2.14. The van der Waals surface area contributed by atoms with Crippen molar-refractivity contribution in [2.24, 2.45) is 0 Å². The summed E-state index contributed by atoms with van der Waals surface area (Å²) in [4.78, 5) is 0. The molecule has 0 aliphatic carbocycles. The first-order valence-corrected chi connectivity index (χ1v) is 6.34. The van der Waals surface area contributed by atoms with Gasteiger partial charge >= 0.3 is 0 Å². The lowest BCUT2D eigenvalue weighted by atomic mass is 10.1. The van der Waals surface area contributed by atoms with Crippen molar-refractivity contribution >= 4 is 0 Å². The minimum atomic E-state index is 0.203. The van der Waals surface area contributed by atoms with Gasteiger partial charge in [-0.3, -0.25) is 0 Å². The zero-order valence-corrected chi connectivity index (χ0v) is 11.2. The highest BCUT2D eigenvalue weighted by Crippen LogP contribution is 2.13. The van der Waals surface area contributed by atoms with Crippen molar-refractivity contribution in [1.29, 1.82) is 5.26 Å². The summed E-state index contributed by atoms with van der Waals surface area (Å²) >= 11 is 0. The molecule has 0 amide bonds. The van der Waals surface area contributed by atoms with Gasteiger partial charge in [0.2, 0.25) is 0 Å². The van der Waals surface area contributed by atoms with E-state index in [-0.39, 0.29) is 6.04 Å². The molecular weight excluding hydrogens is 238 g/mol. The minimum Gasteiger partial charge on any atom is -0.317 e. The molecule has 2 aromatic rings. The molecule has 1 N–H and O–H groups in total. The van der Waals surface area contributed by atoms with Crippen molar-refractivity contribution in [1.82, 2.24) is 20.1 Å². The average molecular weight is 255 g/mol. The Kier molecular flexibility index (Phi) is 4.26. The quantitative estimate of drug-likeness (QED) is 0.887. The third kappa shape index (κ3) is 3.18. The van der Waals surface area contributed by atoms with Crippen LogP contribution < -0.4 is 5.32 Å². The van der Waals surface area contributed by atoms with E-state index in [1.54, 1.807) is 6.33 Å². The van der Waals surface area contributed by atoms with Gasteiger partial charge in [-0.2, -0.15) is 5.26 Å². The summed E-state index contributed by atoms with van der Waals surface area (Å²) in [6.07, 6.45) is 1.74. The summed E-state index contributed by atoms with van der Waals surface area (Å²) in [5, 5.41) is 20.2. The van der Waals surface area contributed by atoms with Crippen molar-refractivity contribution in [3.8, 4) is 6.07 Å². The SMILES string of the molecule is CCn1cnnc1CNC(C)c1ccc(C#N)cc1. The van der Waals surface area contributed by atoms with Gasteiger partial charge in [-0.05, 0) is 31.5 Å². The first-order chi connectivity index (χ1) is 9.24. The topological polar surface area (TPSA) is 66.5 Å². The Bertz CT molecular complexity index is 564. The summed E-state index contributed by atoms with van der Waals surface area (Å²) in [6, 6.07) is 9.94. The molecule has 1 unspecified atom stereocenters. The fourth-order valence-corrected chi connectivity index (χ4v) is 1.89. The first kappa shape index (κ1) is 13.2. The maximum absolute atomic E-state index is 8.77. The van der Waals surface area contributed by atoms with Gasteiger partial charge in [0.05, 0.1) is 18.2 Å². The molecule has 0 spiro atoms. The minimum absolute atomic E-state index is 0.203. The molecule has 0 saturated heterocycles. The molecule has 5 heteroatoms. The first-order valence-electron chi connectivity index (χ1n) is 6.34. The zero-order valence-electron chi connectivity index (χ0n) is 11.2. The van der Waals surface area contributed by atoms with Gasteiger partial charge in [-0.15, -0.1) is 10.2 Å². The standard InChI is InChI=1S/C14H17N5/c1-3-19-10-17-18-14(19)9-16-11(2)13-6-4-12(8-15)5-7-13/h4-7,10-11,16H,3,9H2,1-2H3. The van der Waals surface area contributed by atoms with E-state index in [1.165, 1.54) is 0 Å². The summed E-state index contributed by atoms with van der Waals surface area (Å²) in [7, 11) is 0. The summed E-state index contributed by atoms with van der Waals surface area (Å²) < 4.78 is 2.01. The number of nitrogens with zero attached hydrogens (tertiary/aromatic N) is 4. The number of aromatic nitrogens is 3. The van der Waals surface area contributed by atoms with E-state index in [4.69, 9.17) is 5.26 Å². The normalized spacial score (nSPS) is 12.1. The lowest BCUT2D eigenvalue weighted by molar-refractivity contribution is 0.539. The molecule has 1 aromatic heterocycles. The maximum Gasteiger partial charge on any atom is 0.146 e. The van der Waals surface area contributed by atoms with E-state index in [9.17, 15) is 0 Å². The van der Waals surface area contributed by atoms with Gasteiger partial charge in [0.1, 0.15) is 12.2 Å². The second kappa shape index (κ2) is 6.12. The van der Waals surface area contributed by atoms with Crippen LogP contribution in [0.25, 0.3) is 0 Å². The molecule has 0 fully saturated rings. The van der Waals surface area contributed by atoms with E-state index in [2.05, 4.69) is 35.4 Å². The smallest absolute Gasteiger partial charge is 0.146 e. The number of nitriles is 1. The van der Waals surface area contributed by atoms with Crippen LogP contribution in [0.2, 0.25) is 0 Å². The van der Waals surface area contributed by atoms with Crippen molar-refractivity contribution in [2.45, 2.75) is 33.0 Å². The highest BCUT2D eigenvalue weighted by molar-refractivity contribution is 5.32. The van der Waals surface area contributed by atoms with Gasteiger partial charge < -0.3 is 9.88 Å². The van der Waals surface area contributed by atoms with Crippen LogP contribution >= 0.6 is 0 Å². The molecule has 2 rings (SSSR count). The summed E-state index contributed by atoms with van der Waals surface area (Å²) in [5.41, 5.74) is 1.84. The van der Waals surface area contributed by atoms with Crippen molar-refractivity contribution in [3.63, 3.8) is 0 Å². The van der Waals surface area contributed by atoms with Gasteiger partial charge in [-0.1, -0.05) is 12.1 Å². The molecule has 0 aliphatic rings. The third-order valence-corrected chi connectivity index (χ3v) is 3.14. The monoisotopic (exact) mass is 255 g/mol. The molecule has 1 heterocycles. The van der Waals surface area contributed by atoms with Crippen LogP contribution in [0.5, 0.6) is 0 Å². The summed E-state index contributed by atoms with van der Waals surface area (Å²) in [6.45, 7) is 5.70. The second-order valence-electron chi connectivity index (χ2n) is 4.37. The Morgan fingerprint density at radius 2 is 2.11 bits per heavy atom. The molecular formula is C14H17N5. The molecule has 1 atom stereocenters. The molecule has 0 saturated carbocycles. The maximum atomic E-state index is 8.77. The van der Waals surface area contributed by atoms with Crippen LogP contribution in [0.4, 0.5) is 0 Å². The molecule has 19 heavy (non-hydrogen) atoms. The zero-order chi connectivity index (χ0) is 13.7. The van der Waals surface area contributed by atoms with E-state index < -0.39 is 0 Å². The number of hydrogen-bond acceptors (Lipinski definition) is 4. The van der Waals surface area contributed by atoms with E-state index in [0.29, 0.717) is 12.1 Å². The van der Waals surface area contributed by atoms with Crippen LogP contribution in [0.1, 0.15) is 36.8 Å². The number of hydrogen-bond donors (Lipinski definition) is 1. The molecule has 1 aromatic carbocycles. The van der Waals surface area contributed by atoms with E-state index in [1.807, 2.05) is 28.8 Å². The van der Waals surface area contributed by atoms with E-state index in [0.717, 1.165) is 17.9 Å². The van der Waals surface area contributed by atoms with Gasteiger partial charge in [-0.25, -0.2) is 0 Å². The van der Waals surface area contributed by atoms with Crippen LogP contribution in [0, 0.1) is 11.3 Å². The highest BCUT2D eigenvalue weighted by Gasteiger charge is 2.07. The Morgan fingerprint density at radius 1 is 1.37 bits per heavy atom. The number of benzene rings is 1. The Balaban J connectivity index is 1.97.